The van der Waals surface area contributed by atoms with Crippen LogP contribution in [-0.4, -0.2) is 112 Å². The number of fused-ring (bicyclic) bond motifs is 1. The van der Waals surface area contributed by atoms with E-state index in [2.05, 4.69) is 35.5 Å². The Morgan fingerprint density at radius 1 is 0.947 bits per heavy atom. The van der Waals surface area contributed by atoms with Crippen LogP contribution in [0.5, 0.6) is 5.75 Å². The number of carbonyl (C=O) groups is 4. The van der Waals surface area contributed by atoms with Gasteiger partial charge < -0.3 is 19.9 Å². The molecule has 1 saturated carbocycles. The van der Waals surface area contributed by atoms with Crippen molar-refractivity contribution in [2.24, 2.45) is 0 Å². The van der Waals surface area contributed by atoms with Crippen LogP contribution in [0.1, 0.15) is 88.9 Å². The highest BCUT2D eigenvalue weighted by molar-refractivity contribution is 6.31. The number of anilines is 1. The monoisotopic (exact) mass is 797 g/mol. The fourth-order valence-corrected chi connectivity index (χ4v) is 9.03. The van der Waals surface area contributed by atoms with E-state index in [1.165, 1.54) is 4.90 Å². The van der Waals surface area contributed by atoms with Gasteiger partial charge in [0.2, 0.25) is 11.8 Å². The van der Waals surface area contributed by atoms with Gasteiger partial charge in [0.1, 0.15) is 23.7 Å². The van der Waals surface area contributed by atoms with Gasteiger partial charge in [0.05, 0.1) is 23.2 Å². The average molecular weight is 798 g/mol. The van der Waals surface area contributed by atoms with Crippen LogP contribution >= 0.6 is 11.6 Å². The Balaban J connectivity index is 0.756. The molecule has 1 aliphatic carbocycles. The normalized spacial score (nSPS) is 23.5. The fourth-order valence-electron chi connectivity index (χ4n) is 8.81. The van der Waals surface area contributed by atoms with Gasteiger partial charge in [-0.25, -0.2) is 4.39 Å². The number of carbonyl (C=O) groups excluding carboxylic acids is 4. The van der Waals surface area contributed by atoms with Gasteiger partial charge in [-0.2, -0.15) is 5.26 Å². The maximum atomic E-state index is 15.8. The molecule has 2 aromatic carbocycles. The molecule has 16 heteroatoms. The molecule has 2 N–H and O–H groups in total. The minimum atomic E-state index is -0.772. The molecule has 4 fully saturated rings. The first-order valence-electron chi connectivity index (χ1n) is 19.8. The van der Waals surface area contributed by atoms with Crippen LogP contribution in [0.2, 0.25) is 5.02 Å². The van der Waals surface area contributed by atoms with Crippen molar-refractivity contribution >= 4 is 41.0 Å². The summed E-state index contributed by atoms with van der Waals surface area (Å²) in [5.41, 5.74) is 1.85. The van der Waals surface area contributed by atoms with Crippen molar-refractivity contribution in [2.45, 2.75) is 88.7 Å². The van der Waals surface area contributed by atoms with Crippen molar-refractivity contribution in [3.8, 4) is 11.8 Å². The molecular formula is C41H45ClFN9O5. The molecule has 1 aromatic heterocycles. The molecule has 298 valence electrons. The second kappa shape index (κ2) is 16.7. The second-order valence-electron chi connectivity index (χ2n) is 15.6. The summed E-state index contributed by atoms with van der Waals surface area (Å²) in [7, 11) is 0. The number of hydrogen-bond donors (Lipinski definition) is 2. The highest BCUT2D eigenvalue weighted by Gasteiger charge is 2.41. The predicted octanol–water partition coefficient (Wildman–Crippen LogP) is 3.81. The summed E-state index contributed by atoms with van der Waals surface area (Å²) in [6.45, 7) is 5.49. The quantitative estimate of drug-likeness (QED) is 0.303. The van der Waals surface area contributed by atoms with Crippen molar-refractivity contribution in [3.05, 3.63) is 81.3 Å². The number of piperidine rings is 2. The number of hydrogen-bond acceptors (Lipinski definition) is 11. The first-order chi connectivity index (χ1) is 27.6. The van der Waals surface area contributed by atoms with E-state index < -0.39 is 11.9 Å². The van der Waals surface area contributed by atoms with Crippen molar-refractivity contribution in [2.75, 3.05) is 44.2 Å². The standard InChI is InChI=1S/C41H45ClFN9O5/c42-33-21-30(5-1-25(33)22-44)57-29-6-3-27(4-7-29)45-39(54)34-9-11-36(48-47-34)51-15-13-28(14-16-51)50-19-17-49(18-20-50)23-26-2-8-31-32(38(26)43)24-52(41(31)56)35-10-12-37(53)46-40(35)55/h1-2,5,8-9,11,21,27-29,35H,3-4,6-7,10,12-20,23-24H2,(H,45,54)(H,46,53,55)/t27-,29-,35?. The van der Waals surface area contributed by atoms with Crippen molar-refractivity contribution in [1.82, 2.24) is 35.5 Å². The predicted molar refractivity (Wildman–Crippen MR) is 207 cm³/mol. The molecule has 1 unspecified atom stereocenters. The lowest BCUT2D eigenvalue weighted by molar-refractivity contribution is -0.136. The Morgan fingerprint density at radius 2 is 1.72 bits per heavy atom. The van der Waals surface area contributed by atoms with Gasteiger partial charge >= 0.3 is 0 Å². The average Bonchev–Trinajstić information content (AvgIpc) is 3.56. The maximum Gasteiger partial charge on any atom is 0.272 e. The van der Waals surface area contributed by atoms with Crippen LogP contribution < -0.4 is 20.3 Å². The van der Waals surface area contributed by atoms with E-state index in [0.717, 1.165) is 83.6 Å². The molecule has 0 spiro atoms. The highest BCUT2D eigenvalue weighted by Crippen LogP contribution is 2.32. The van der Waals surface area contributed by atoms with Crippen molar-refractivity contribution in [1.29, 1.82) is 5.26 Å². The van der Waals surface area contributed by atoms with E-state index in [1.807, 2.05) is 12.1 Å². The molecule has 1 atom stereocenters. The fraction of sp³-hybridized carbons (Fsp3) is 0.488. The molecule has 57 heavy (non-hydrogen) atoms. The Kier molecular flexibility index (Phi) is 11.4. The van der Waals surface area contributed by atoms with Gasteiger partial charge in [0.25, 0.3) is 11.8 Å². The molecule has 5 aliphatic rings. The van der Waals surface area contributed by atoms with E-state index in [4.69, 9.17) is 21.6 Å². The lowest BCUT2D eigenvalue weighted by atomic mass is 9.93. The van der Waals surface area contributed by atoms with Gasteiger partial charge in [0, 0.05) is 87.1 Å². The van der Waals surface area contributed by atoms with Gasteiger partial charge in [-0.05, 0) is 75.3 Å². The summed E-state index contributed by atoms with van der Waals surface area (Å²) < 4.78 is 21.9. The molecule has 4 aliphatic heterocycles. The summed E-state index contributed by atoms with van der Waals surface area (Å²) in [5.74, 6) is -0.464. The number of rotatable bonds is 9. The van der Waals surface area contributed by atoms with Crippen LogP contribution in [0.15, 0.2) is 42.5 Å². The number of ether oxygens (including phenoxy) is 1. The Labute approximate surface area is 335 Å². The number of piperazine rings is 1. The van der Waals surface area contributed by atoms with E-state index >= 15 is 4.39 Å². The van der Waals surface area contributed by atoms with Crippen molar-refractivity contribution < 1.29 is 28.3 Å². The molecule has 4 amide bonds. The topological polar surface area (TPSA) is 164 Å². The van der Waals surface area contributed by atoms with Gasteiger partial charge in [-0.3, -0.25) is 34.3 Å². The minimum Gasteiger partial charge on any atom is -0.490 e. The van der Waals surface area contributed by atoms with Gasteiger partial charge in [0.15, 0.2) is 11.5 Å². The summed E-state index contributed by atoms with van der Waals surface area (Å²) in [5, 5.41) is 23.5. The second-order valence-corrected chi connectivity index (χ2v) is 16.0. The van der Waals surface area contributed by atoms with Crippen LogP contribution in [0.4, 0.5) is 10.2 Å². The number of nitrogens with zero attached hydrogens (tertiary/aromatic N) is 7. The van der Waals surface area contributed by atoms with Crippen LogP contribution in [0.3, 0.4) is 0 Å². The van der Waals surface area contributed by atoms with Crippen LogP contribution in [0, 0.1) is 17.1 Å². The maximum absolute atomic E-state index is 15.8. The molecule has 5 heterocycles. The minimum absolute atomic E-state index is 0.0149. The van der Waals surface area contributed by atoms with E-state index in [-0.39, 0.29) is 60.6 Å². The number of benzene rings is 2. The third-order valence-electron chi connectivity index (χ3n) is 12.1. The summed E-state index contributed by atoms with van der Waals surface area (Å²) in [6, 6.07) is 13.8. The molecule has 3 aromatic rings. The molecule has 14 nitrogen and oxygen atoms in total. The Morgan fingerprint density at radius 3 is 2.40 bits per heavy atom. The molecule has 0 bridgehead atoms. The third-order valence-corrected chi connectivity index (χ3v) is 12.4. The summed E-state index contributed by atoms with van der Waals surface area (Å²) in [6.07, 6.45) is 5.49. The number of nitrogens with one attached hydrogen (secondary N) is 2. The molecular weight excluding hydrogens is 753 g/mol. The Bertz CT molecular complexity index is 2070. The zero-order valence-electron chi connectivity index (χ0n) is 31.6. The number of aromatic nitrogens is 2. The van der Waals surface area contributed by atoms with Crippen LogP contribution in [-0.2, 0) is 22.7 Å². The molecule has 0 radical (unpaired) electrons. The number of halogens is 2. The smallest absolute Gasteiger partial charge is 0.272 e. The number of nitriles is 1. The summed E-state index contributed by atoms with van der Waals surface area (Å²) >= 11 is 6.14. The van der Waals surface area contributed by atoms with E-state index in [1.54, 1.807) is 36.4 Å². The number of imide groups is 1. The Hall–Kier alpha value is -5.17. The lowest BCUT2D eigenvalue weighted by Gasteiger charge is -2.43. The largest absolute Gasteiger partial charge is 0.490 e. The highest BCUT2D eigenvalue weighted by atomic mass is 35.5. The van der Waals surface area contributed by atoms with Crippen LogP contribution in [0.25, 0.3) is 0 Å². The zero-order chi connectivity index (χ0) is 39.6. The molecule has 8 rings (SSSR count). The number of amides is 4. The van der Waals surface area contributed by atoms with E-state index in [0.29, 0.717) is 45.7 Å². The van der Waals surface area contributed by atoms with E-state index in [9.17, 15) is 19.2 Å². The first-order valence-corrected chi connectivity index (χ1v) is 20.2. The van der Waals surface area contributed by atoms with Crippen molar-refractivity contribution in [3.63, 3.8) is 0 Å². The SMILES string of the molecule is N#Cc1ccc(O[C@H]2CC[C@H](NC(=O)c3ccc(N4CCC(N5CCN(Cc6ccc7c(c6F)CN(C6CCC(=O)NC6=O)C7=O)CC5)CC4)nn3)CC2)cc1Cl. The third kappa shape index (κ3) is 8.44. The van der Waals surface area contributed by atoms with Gasteiger partial charge in [-0.15, -0.1) is 10.2 Å². The first kappa shape index (κ1) is 38.7. The molecule has 3 saturated heterocycles. The van der Waals surface area contributed by atoms with Gasteiger partial charge in [-0.1, -0.05) is 17.7 Å². The lowest BCUT2D eigenvalue weighted by Crippen LogP contribution is -2.53. The summed E-state index contributed by atoms with van der Waals surface area (Å²) in [4.78, 5) is 58.4. The zero-order valence-corrected chi connectivity index (χ0v) is 32.3.